The molecule has 1 aliphatic rings. The number of amides is 1. The van der Waals surface area contributed by atoms with E-state index in [0.29, 0.717) is 32.6 Å². The Kier molecular flexibility index (Phi) is 2.98. The molecule has 8 nitrogen and oxygen atoms in total. The first-order valence-electron chi connectivity index (χ1n) is 6.23. The van der Waals surface area contributed by atoms with Gasteiger partial charge in [0.2, 0.25) is 5.91 Å². The van der Waals surface area contributed by atoms with Crippen LogP contribution < -0.4 is 0 Å². The van der Waals surface area contributed by atoms with Gasteiger partial charge in [-0.05, 0) is 6.92 Å². The maximum Gasteiger partial charge on any atom is 0.224 e. The molecule has 3 heterocycles. The second-order valence-electron chi connectivity index (χ2n) is 4.52. The van der Waals surface area contributed by atoms with E-state index in [4.69, 9.17) is 0 Å². The summed E-state index contributed by atoms with van der Waals surface area (Å²) in [5.41, 5.74) is 0. The number of carbonyl (C=O) groups excluding carboxylic acids is 1. The summed E-state index contributed by atoms with van der Waals surface area (Å²) >= 11 is 0. The normalized spacial score (nSPS) is 14.5. The van der Waals surface area contributed by atoms with E-state index < -0.39 is 0 Å². The molecule has 0 saturated carbocycles. The van der Waals surface area contributed by atoms with Crippen molar-refractivity contribution in [3.05, 3.63) is 24.3 Å². The van der Waals surface area contributed by atoms with Gasteiger partial charge in [-0.2, -0.15) is 10.2 Å². The predicted molar refractivity (Wildman–Crippen MR) is 64.8 cm³/mol. The summed E-state index contributed by atoms with van der Waals surface area (Å²) in [7, 11) is 0. The van der Waals surface area contributed by atoms with Gasteiger partial charge in [-0.25, -0.2) is 14.6 Å². The predicted octanol–water partition coefficient (Wildman–Crippen LogP) is -0.389. The highest BCUT2D eigenvalue weighted by Gasteiger charge is 2.22. The summed E-state index contributed by atoms with van der Waals surface area (Å²) in [5.74, 6) is 1.73. The highest BCUT2D eigenvalue weighted by Crippen LogP contribution is 2.11. The maximum absolute atomic E-state index is 12.1. The van der Waals surface area contributed by atoms with Gasteiger partial charge in [0.25, 0.3) is 0 Å². The van der Waals surface area contributed by atoms with E-state index in [1.807, 2.05) is 16.5 Å². The van der Waals surface area contributed by atoms with Gasteiger partial charge in [-0.3, -0.25) is 9.48 Å². The topological polar surface area (TPSA) is 81.7 Å². The van der Waals surface area contributed by atoms with Crippen molar-refractivity contribution in [1.82, 2.24) is 34.4 Å². The molecule has 0 unspecified atom stereocenters. The lowest BCUT2D eigenvalue weighted by molar-refractivity contribution is -0.133. The first-order chi connectivity index (χ1) is 9.22. The zero-order valence-corrected chi connectivity index (χ0v) is 10.7. The molecule has 0 bridgehead atoms. The minimum Gasteiger partial charge on any atom is -0.333 e. The fraction of sp³-hybridized carbons (Fsp3) is 0.545. The van der Waals surface area contributed by atoms with Gasteiger partial charge in [-0.15, -0.1) is 0 Å². The summed E-state index contributed by atoms with van der Waals surface area (Å²) in [6, 6.07) is 0. The van der Waals surface area contributed by atoms with Crippen molar-refractivity contribution in [2.24, 2.45) is 0 Å². The molecule has 8 heteroatoms. The molecule has 0 aliphatic carbocycles. The third kappa shape index (κ3) is 2.47. The Morgan fingerprint density at radius 1 is 1.42 bits per heavy atom. The third-order valence-corrected chi connectivity index (χ3v) is 3.14. The van der Waals surface area contributed by atoms with Crippen molar-refractivity contribution in [2.75, 3.05) is 6.54 Å². The van der Waals surface area contributed by atoms with Crippen LogP contribution in [0.3, 0.4) is 0 Å². The number of carbonyl (C=O) groups is 1. The van der Waals surface area contributed by atoms with E-state index in [9.17, 15) is 4.79 Å². The summed E-state index contributed by atoms with van der Waals surface area (Å²) in [6.07, 6.45) is 3.51. The van der Waals surface area contributed by atoms with Crippen molar-refractivity contribution in [3.63, 3.8) is 0 Å². The second kappa shape index (κ2) is 4.79. The van der Waals surface area contributed by atoms with Gasteiger partial charge in [0.05, 0.1) is 19.6 Å². The number of fused-ring (bicyclic) bond motifs is 1. The van der Waals surface area contributed by atoms with Gasteiger partial charge >= 0.3 is 0 Å². The van der Waals surface area contributed by atoms with Crippen LogP contribution in [0, 0.1) is 6.92 Å². The molecular weight excluding hydrogens is 246 g/mol. The number of nitrogens with zero attached hydrogens (tertiary/aromatic N) is 7. The zero-order chi connectivity index (χ0) is 13.2. The van der Waals surface area contributed by atoms with E-state index in [-0.39, 0.29) is 5.91 Å². The van der Waals surface area contributed by atoms with Crippen LogP contribution in [0.1, 0.15) is 18.1 Å². The smallest absolute Gasteiger partial charge is 0.224 e. The Balaban J connectivity index is 1.59. The fourth-order valence-electron chi connectivity index (χ4n) is 2.19. The minimum atomic E-state index is 0.113. The maximum atomic E-state index is 12.1. The van der Waals surface area contributed by atoms with Crippen molar-refractivity contribution >= 4 is 5.91 Å². The van der Waals surface area contributed by atoms with Gasteiger partial charge in [0, 0.05) is 13.0 Å². The quantitative estimate of drug-likeness (QED) is 0.751. The van der Waals surface area contributed by atoms with Crippen molar-refractivity contribution in [3.8, 4) is 0 Å². The van der Waals surface area contributed by atoms with Crippen molar-refractivity contribution < 1.29 is 4.79 Å². The van der Waals surface area contributed by atoms with E-state index in [1.165, 1.54) is 6.33 Å². The Labute approximate surface area is 110 Å². The first kappa shape index (κ1) is 11.8. The lowest BCUT2D eigenvalue weighted by atomic mass is 10.3. The molecule has 1 amide bonds. The van der Waals surface area contributed by atoms with Gasteiger partial charge in [0.1, 0.15) is 24.3 Å². The summed E-state index contributed by atoms with van der Waals surface area (Å²) in [4.78, 5) is 22.1. The molecular formula is C11H15N7O. The molecule has 0 spiro atoms. The van der Waals surface area contributed by atoms with E-state index in [1.54, 1.807) is 11.0 Å². The molecule has 3 rings (SSSR count). The van der Waals surface area contributed by atoms with Crippen LogP contribution >= 0.6 is 0 Å². The third-order valence-electron chi connectivity index (χ3n) is 3.14. The molecule has 100 valence electrons. The van der Waals surface area contributed by atoms with E-state index in [0.717, 1.165) is 11.6 Å². The van der Waals surface area contributed by atoms with E-state index in [2.05, 4.69) is 20.2 Å². The minimum absolute atomic E-state index is 0.113. The number of hydrogen-bond donors (Lipinski definition) is 0. The van der Waals surface area contributed by atoms with Crippen LogP contribution in [-0.2, 0) is 24.4 Å². The molecule has 0 saturated heterocycles. The van der Waals surface area contributed by atoms with E-state index >= 15 is 0 Å². The lowest BCUT2D eigenvalue weighted by Crippen LogP contribution is -2.39. The number of hydrogen-bond acceptors (Lipinski definition) is 5. The zero-order valence-electron chi connectivity index (χ0n) is 10.7. The Morgan fingerprint density at radius 3 is 3.11 bits per heavy atom. The monoisotopic (exact) mass is 261 g/mol. The van der Waals surface area contributed by atoms with Crippen molar-refractivity contribution in [2.45, 2.75) is 33.0 Å². The number of aromatic nitrogens is 6. The molecule has 0 aromatic carbocycles. The van der Waals surface area contributed by atoms with Gasteiger partial charge in [-0.1, -0.05) is 0 Å². The summed E-state index contributed by atoms with van der Waals surface area (Å²) in [6.45, 7) is 4.36. The first-order valence-corrected chi connectivity index (χ1v) is 6.23. The fourth-order valence-corrected chi connectivity index (χ4v) is 2.19. The SMILES string of the molecule is Cc1nc2n(n1)CCN(C(=O)CCn1cncn1)C2. The summed E-state index contributed by atoms with van der Waals surface area (Å²) in [5, 5.41) is 8.26. The Bertz CT molecular complexity index is 574. The number of rotatable bonds is 3. The van der Waals surface area contributed by atoms with Gasteiger partial charge in [0.15, 0.2) is 0 Å². The average Bonchev–Trinajstić information content (AvgIpc) is 3.02. The average molecular weight is 261 g/mol. The molecule has 0 radical (unpaired) electrons. The Morgan fingerprint density at radius 2 is 2.32 bits per heavy atom. The highest BCUT2D eigenvalue weighted by atomic mass is 16.2. The summed E-state index contributed by atoms with van der Waals surface area (Å²) < 4.78 is 3.53. The second-order valence-corrected chi connectivity index (χ2v) is 4.52. The van der Waals surface area contributed by atoms with Crippen LogP contribution in [0.4, 0.5) is 0 Å². The molecule has 19 heavy (non-hydrogen) atoms. The van der Waals surface area contributed by atoms with Gasteiger partial charge < -0.3 is 4.90 Å². The molecule has 0 fully saturated rings. The largest absolute Gasteiger partial charge is 0.333 e. The highest BCUT2D eigenvalue weighted by molar-refractivity contribution is 5.76. The lowest BCUT2D eigenvalue weighted by Gasteiger charge is -2.26. The Hall–Kier alpha value is -2.25. The van der Waals surface area contributed by atoms with Crippen molar-refractivity contribution in [1.29, 1.82) is 0 Å². The molecule has 2 aromatic heterocycles. The van der Waals surface area contributed by atoms with Crippen LogP contribution in [0.15, 0.2) is 12.7 Å². The molecule has 1 aliphatic heterocycles. The van der Waals surface area contributed by atoms with Crippen LogP contribution in [0.25, 0.3) is 0 Å². The molecule has 0 atom stereocenters. The number of aryl methyl sites for hydroxylation is 2. The van der Waals surface area contributed by atoms with Crippen LogP contribution in [0.2, 0.25) is 0 Å². The standard InChI is InChI=1S/C11H15N7O/c1-9-14-10-6-16(4-5-18(10)15-9)11(19)2-3-17-8-12-7-13-17/h7-8H,2-6H2,1H3. The molecule has 0 N–H and O–H groups in total. The van der Waals surface area contributed by atoms with Crippen LogP contribution in [-0.4, -0.2) is 46.9 Å². The van der Waals surface area contributed by atoms with Crippen LogP contribution in [0.5, 0.6) is 0 Å². The molecule has 2 aromatic rings.